The lowest BCUT2D eigenvalue weighted by Crippen LogP contribution is -2.46. The number of amides is 1. The van der Waals surface area contributed by atoms with E-state index < -0.39 is 23.1 Å². The third-order valence-corrected chi connectivity index (χ3v) is 3.14. The summed E-state index contributed by atoms with van der Waals surface area (Å²) in [6.45, 7) is 10.9. The Hall–Kier alpha value is -1.26. The van der Waals surface area contributed by atoms with E-state index in [2.05, 4.69) is 5.32 Å². The van der Waals surface area contributed by atoms with Crippen LogP contribution in [0.2, 0.25) is 0 Å². The highest BCUT2D eigenvalue weighted by molar-refractivity contribution is 5.69. The predicted octanol–water partition coefficient (Wildman–Crippen LogP) is 2.79. The van der Waals surface area contributed by atoms with Crippen LogP contribution in [0.1, 0.15) is 54.4 Å². The molecule has 0 fully saturated rings. The van der Waals surface area contributed by atoms with Gasteiger partial charge in [0.25, 0.3) is 0 Å². The molecule has 5 heteroatoms. The molecule has 0 aromatic carbocycles. The van der Waals surface area contributed by atoms with Crippen molar-refractivity contribution in [2.24, 2.45) is 5.41 Å². The summed E-state index contributed by atoms with van der Waals surface area (Å²) >= 11 is 0. The maximum absolute atomic E-state index is 11.6. The highest BCUT2D eigenvalue weighted by Crippen LogP contribution is 2.30. The molecule has 5 nitrogen and oxygen atoms in total. The van der Waals surface area contributed by atoms with Crippen molar-refractivity contribution in [3.63, 3.8) is 0 Å². The molecule has 0 aromatic heterocycles. The molecule has 0 aliphatic heterocycles. The molecular formula is C13H25NO4. The minimum Gasteiger partial charge on any atom is -0.481 e. The van der Waals surface area contributed by atoms with Crippen molar-refractivity contribution in [3.8, 4) is 0 Å². The lowest BCUT2D eigenvalue weighted by atomic mass is 9.77. The Morgan fingerprint density at radius 2 is 1.78 bits per heavy atom. The van der Waals surface area contributed by atoms with Crippen LogP contribution in [0.3, 0.4) is 0 Å². The average molecular weight is 259 g/mol. The van der Waals surface area contributed by atoms with E-state index in [4.69, 9.17) is 9.84 Å². The SMILES string of the molecule is CCC(C)(CC(=O)O)C(C)NC(=O)OC(C)(C)C. The van der Waals surface area contributed by atoms with Crippen LogP contribution in [-0.2, 0) is 9.53 Å². The molecule has 2 atom stereocenters. The number of hydrogen-bond donors (Lipinski definition) is 2. The van der Waals surface area contributed by atoms with E-state index in [0.29, 0.717) is 6.42 Å². The van der Waals surface area contributed by atoms with Gasteiger partial charge in [0, 0.05) is 6.04 Å². The summed E-state index contributed by atoms with van der Waals surface area (Å²) in [6.07, 6.45) is 0.163. The molecule has 106 valence electrons. The van der Waals surface area contributed by atoms with E-state index in [1.807, 2.05) is 13.8 Å². The van der Waals surface area contributed by atoms with Crippen molar-refractivity contribution in [3.05, 3.63) is 0 Å². The summed E-state index contributed by atoms with van der Waals surface area (Å²) in [5, 5.41) is 11.6. The molecule has 1 amide bonds. The van der Waals surface area contributed by atoms with Crippen molar-refractivity contribution in [1.29, 1.82) is 0 Å². The van der Waals surface area contributed by atoms with Crippen LogP contribution in [0, 0.1) is 5.41 Å². The predicted molar refractivity (Wildman–Crippen MR) is 69.5 cm³/mol. The Balaban J connectivity index is 4.58. The molecule has 0 radical (unpaired) electrons. The molecule has 0 aliphatic carbocycles. The Morgan fingerprint density at radius 3 is 2.11 bits per heavy atom. The van der Waals surface area contributed by atoms with Crippen LogP contribution in [-0.4, -0.2) is 28.8 Å². The number of carboxylic acid groups (broad SMARTS) is 1. The zero-order chi connectivity index (χ0) is 14.6. The number of hydrogen-bond acceptors (Lipinski definition) is 3. The first-order valence-corrected chi connectivity index (χ1v) is 6.21. The first-order valence-electron chi connectivity index (χ1n) is 6.21. The van der Waals surface area contributed by atoms with E-state index >= 15 is 0 Å². The third-order valence-electron chi connectivity index (χ3n) is 3.14. The Kier molecular flexibility index (Phi) is 5.64. The minimum absolute atomic E-state index is 0.0143. The highest BCUT2D eigenvalue weighted by atomic mass is 16.6. The van der Waals surface area contributed by atoms with Gasteiger partial charge >= 0.3 is 12.1 Å². The van der Waals surface area contributed by atoms with Gasteiger partial charge in [-0.05, 0) is 39.5 Å². The second-order valence-electron chi connectivity index (χ2n) is 5.95. The molecule has 18 heavy (non-hydrogen) atoms. The first kappa shape index (κ1) is 16.7. The zero-order valence-corrected chi connectivity index (χ0v) is 12.2. The molecule has 0 heterocycles. The summed E-state index contributed by atoms with van der Waals surface area (Å²) in [7, 11) is 0. The van der Waals surface area contributed by atoms with Crippen LogP contribution in [0.5, 0.6) is 0 Å². The first-order chi connectivity index (χ1) is 8.00. The lowest BCUT2D eigenvalue weighted by Gasteiger charge is -2.34. The molecule has 0 rings (SSSR count). The number of carbonyl (C=O) groups excluding carboxylic acids is 1. The van der Waals surface area contributed by atoms with Gasteiger partial charge in [-0.1, -0.05) is 13.8 Å². The number of rotatable bonds is 5. The zero-order valence-electron chi connectivity index (χ0n) is 12.2. The summed E-state index contributed by atoms with van der Waals surface area (Å²) < 4.78 is 5.16. The summed E-state index contributed by atoms with van der Waals surface area (Å²) in [5.74, 6) is -0.864. The maximum Gasteiger partial charge on any atom is 0.407 e. The number of ether oxygens (including phenoxy) is 1. The van der Waals surface area contributed by atoms with Crippen molar-refractivity contribution in [2.45, 2.75) is 66.0 Å². The van der Waals surface area contributed by atoms with Crippen LogP contribution in [0.15, 0.2) is 0 Å². The van der Waals surface area contributed by atoms with E-state index in [1.54, 1.807) is 27.7 Å². The van der Waals surface area contributed by atoms with Gasteiger partial charge in [-0.15, -0.1) is 0 Å². The number of carbonyl (C=O) groups is 2. The largest absolute Gasteiger partial charge is 0.481 e. The third kappa shape index (κ3) is 5.89. The Bertz CT molecular complexity index is 309. The van der Waals surface area contributed by atoms with Crippen LogP contribution >= 0.6 is 0 Å². The highest BCUT2D eigenvalue weighted by Gasteiger charge is 2.33. The fraction of sp³-hybridized carbons (Fsp3) is 0.846. The van der Waals surface area contributed by atoms with Crippen molar-refractivity contribution in [2.75, 3.05) is 0 Å². The molecule has 0 aromatic rings. The van der Waals surface area contributed by atoms with Gasteiger partial charge in [0.15, 0.2) is 0 Å². The van der Waals surface area contributed by atoms with Crippen LogP contribution < -0.4 is 5.32 Å². The normalized spacial score (nSPS) is 16.6. The van der Waals surface area contributed by atoms with Gasteiger partial charge in [-0.3, -0.25) is 4.79 Å². The molecule has 0 saturated heterocycles. The van der Waals surface area contributed by atoms with Gasteiger partial charge in [0.1, 0.15) is 5.60 Å². The monoisotopic (exact) mass is 259 g/mol. The van der Waals surface area contributed by atoms with Crippen molar-refractivity contribution in [1.82, 2.24) is 5.32 Å². The van der Waals surface area contributed by atoms with Gasteiger partial charge in [-0.2, -0.15) is 0 Å². The van der Waals surface area contributed by atoms with Crippen LogP contribution in [0.25, 0.3) is 0 Å². The molecule has 0 spiro atoms. The Morgan fingerprint density at radius 1 is 1.28 bits per heavy atom. The van der Waals surface area contributed by atoms with Gasteiger partial charge < -0.3 is 15.2 Å². The molecule has 2 unspecified atom stereocenters. The molecular weight excluding hydrogens is 234 g/mol. The maximum atomic E-state index is 11.6. The second-order valence-corrected chi connectivity index (χ2v) is 5.95. The molecule has 0 saturated carbocycles. The standard InChI is InChI=1S/C13H25NO4/c1-7-13(6,8-10(15)16)9(2)14-11(17)18-12(3,4)5/h9H,7-8H2,1-6H3,(H,14,17)(H,15,16). The molecule has 0 aliphatic rings. The smallest absolute Gasteiger partial charge is 0.407 e. The fourth-order valence-electron chi connectivity index (χ4n) is 1.59. The number of nitrogens with one attached hydrogen (secondary N) is 1. The van der Waals surface area contributed by atoms with Gasteiger partial charge in [0.2, 0.25) is 0 Å². The van der Waals surface area contributed by atoms with Crippen molar-refractivity contribution >= 4 is 12.1 Å². The molecule has 0 bridgehead atoms. The summed E-state index contributed by atoms with van der Waals surface area (Å²) in [5.41, 5.74) is -1.04. The van der Waals surface area contributed by atoms with Gasteiger partial charge in [-0.25, -0.2) is 4.79 Å². The summed E-state index contributed by atoms with van der Waals surface area (Å²) in [4.78, 5) is 22.5. The van der Waals surface area contributed by atoms with Crippen molar-refractivity contribution < 1.29 is 19.4 Å². The topological polar surface area (TPSA) is 75.6 Å². The van der Waals surface area contributed by atoms with Gasteiger partial charge in [0.05, 0.1) is 6.42 Å². The van der Waals surface area contributed by atoms with E-state index in [9.17, 15) is 9.59 Å². The number of alkyl carbamates (subject to hydrolysis) is 1. The van der Waals surface area contributed by atoms with Crippen LogP contribution in [0.4, 0.5) is 4.79 Å². The van der Waals surface area contributed by atoms with E-state index in [-0.39, 0.29) is 12.5 Å². The van der Waals surface area contributed by atoms with E-state index in [1.165, 1.54) is 0 Å². The number of aliphatic carboxylic acids is 1. The Labute approximate surface area is 109 Å². The fourth-order valence-corrected chi connectivity index (χ4v) is 1.59. The second kappa shape index (κ2) is 6.07. The summed E-state index contributed by atoms with van der Waals surface area (Å²) in [6, 6.07) is -0.270. The average Bonchev–Trinajstić information content (AvgIpc) is 2.12. The lowest BCUT2D eigenvalue weighted by molar-refractivity contribution is -0.140. The number of carboxylic acids is 1. The quantitative estimate of drug-likeness (QED) is 0.796. The minimum atomic E-state index is -0.864. The molecule has 2 N–H and O–H groups in total. The van der Waals surface area contributed by atoms with E-state index in [0.717, 1.165) is 0 Å².